The summed E-state index contributed by atoms with van der Waals surface area (Å²) in [6.07, 6.45) is 5.61. The predicted molar refractivity (Wildman–Crippen MR) is 93.0 cm³/mol. The molecule has 2 nitrogen and oxygen atoms in total. The minimum absolute atomic E-state index is 1.07. The van der Waals surface area contributed by atoms with E-state index in [-0.39, 0.29) is 0 Å². The first-order valence-corrected chi connectivity index (χ1v) is 7.35. The number of pyridine rings is 2. The fraction of sp³-hybridized carbons (Fsp3) is 0.100. The third-order valence-corrected chi connectivity index (χ3v) is 3.63. The van der Waals surface area contributed by atoms with E-state index in [0.717, 1.165) is 5.52 Å². The summed E-state index contributed by atoms with van der Waals surface area (Å²) in [5.41, 5.74) is 3.59. The summed E-state index contributed by atoms with van der Waals surface area (Å²) in [6.45, 7) is 4.17. The molecule has 108 valence electrons. The van der Waals surface area contributed by atoms with Gasteiger partial charge in [0.2, 0.25) is 0 Å². The lowest BCUT2D eigenvalue weighted by Gasteiger charge is -1.98. The van der Waals surface area contributed by atoms with Gasteiger partial charge in [-0.2, -0.15) is 0 Å². The zero-order valence-corrected chi connectivity index (χ0v) is 12.8. The van der Waals surface area contributed by atoms with E-state index in [1.165, 1.54) is 27.3 Å². The van der Waals surface area contributed by atoms with Crippen molar-refractivity contribution < 1.29 is 0 Å². The number of fused-ring (bicyclic) bond motifs is 2. The third kappa shape index (κ3) is 3.12. The van der Waals surface area contributed by atoms with Gasteiger partial charge in [0.15, 0.2) is 0 Å². The Morgan fingerprint density at radius 3 is 2.45 bits per heavy atom. The fourth-order valence-electron chi connectivity index (χ4n) is 2.47. The highest BCUT2D eigenvalue weighted by Crippen LogP contribution is 2.15. The largest absolute Gasteiger partial charge is 0.264 e. The molecule has 0 aliphatic heterocycles. The maximum atomic E-state index is 4.28. The second-order valence-corrected chi connectivity index (χ2v) is 5.38. The molecule has 0 atom stereocenters. The zero-order valence-electron chi connectivity index (χ0n) is 12.8. The number of benzene rings is 2. The minimum Gasteiger partial charge on any atom is -0.264 e. The summed E-state index contributed by atoms with van der Waals surface area (Å²) >= 11 is 0. The quantitative estimate of drug-likeness (QED) is 0.450. The highest BCUT2D eigenvalue weighted by molar-refractivity contribution is 5.84. The van der Waals surface area contributed by atoms with Gasteiger partial charge in [-0.25, -0.2) is 0 Å². The van der Waals surface area contributed by atoms with Crippen molar-refractivity contribution in [2.24, 2.45) is 0 Å². The van der Waals surface area contributed by atoms with Gasteiger partial charge in [0.1, 0.15) is 0 Å². The fourth-order valence-corrected chi connectivity index (χ4v) is 2.47. The molecule has 2 aromatic heterocycles. The van der Waals surface area contributed by atoms with E-state index in [1.54, 1.807) is 0 Å². The van der Waals surface area contributed by atoms with Crippen molar-refractivity contribution in [1.82, 2.24) is 9.97 Å². The number of aromatic nitrogens is 2. The molecule has 0 aliphatic carbocycles. The van der Waals surface area contributed by atoms with Crippen molar-refractivity contribution in [2.45, 2.75) is 13.8 Å². The van der Waals surface area contributed by atoms with Crippen LogP contribution in [0.25, 0.3) is 21.7 Å². The second kappa shape index (κ2) is 6.35. The number of hydrogen-bond donors (Lipinski definition) is 0. The molecule has 0 N–H and O–H groups in total. The summed E-state index contributed by atoms with van der Waals surface area (Å²) in [5, 5.41) is 3.72. The predicted octanol–water partition coefficient (Wildman–Crippen LogP) is 5.09. The number of hydrogen-bond acceptors (Lipinski definition) is 2. The molecule has 2 heterocycles. The lowest BCUT2D eigenvalue weighted by molar-refractivity contribution is 1.33. The van der Waals surface area contributed by atoms with Gasteiger partial charge in [0.25, 0.3) is 0 Å². The van der Waals surface area contributed by atoms with Crippen LogP contribution in [0.4, 0.5) is 0 Å². The van der Waals surface area contributed by atoms with Gasteiger partial charge in [-0.05, 0) is 48.6 Å². The molecule has 0 aliphatic rings. The van der Waals surface area contributed by atoms with Gasteiger partial charge in [-0.3, -0.25) is 9.97 Å². The van der Waals surface area contributed by atoms with Crippen molar-refractivity contribution in [3.63, 3.8) is 0 Å². The molecule has 22 heavy (non-hydrogen) atoms. The van der Waals surface area contributed by atoms with Crippen LogP contribution in [0.1, 0.15) is 11.1 Å². The van der Waals surface area contributed by atoms with Crippen LogP contribution in [0.15, 0.2) is 73.2 Å². The molecule has 0 unspecified atom stereocenters. The van der Waals surface area contributed by atoms with Crippen LogP contribution in [0, 0.1) is 13.8 Å². The molecule has 0 saturated carbocycles. The summed E-state index contributed by atoms with van der Waals surface area (Å²) in [4.78, 5) is 8.33. The molecule has 0 fully saturated rings. The third-order valence-electron chi connectivity index (χ3n) is 3.63. The van der Waals surface area contributed by atoms with Gasteiger partial charge < -0.3 is 0 Å². The minimum atomic E-state index is 1.07. The standard InChI is InChI=1S/2C10H9N/c1-8-3-2-4-9-7-11-6-5-10(8)9;1-8-6-9-4-2-3-5-10(9)11-7-8/h2*2-7H,1H3. The Bertz CT molecular complexity index is 902. The number of para-hydroxylation sites is 1. The Balaban J connectivity index is 0.000000131. The van der Waals surface area contributed by atoms with Crippen LogP contribution in [-0.2, 0) is 0 Å². The maximum absolute atomic E-state index is 4.28. The molecule has 0 saturated heterocycles. The van der Waals surface area contributed by atoms with Gasteiger partial charge >= 0.3 is 0 Å². The monoisotopic (exact) mass is 286 g/mol. The molecule has 4 aromatic rings. The van der Waals surface area contributed by atoms with Crippen molar-refractivity contribution in [3.8, 4) is 0 Å². The SMILES string of the molecule is Cc1cccc2cnccc12.Cc1cnc2ccccc2c1. The van der Waals surface area contributed by atoms with Crippen LogP contribution in [-0.4, -0.2) is 9.97 Å². The highest BCUT2D eigenvalue weighted by atomic mass is 14.6. The van der Waals surface area contributed by atoms with Crippen molar-refractivity contribution in [1.29, 1.82) is 0 Å². The summed E-state index contributed by atoms with van der Waals surface area (Å²) in [7, 11) is 0. The number of rotatable bonds is 0. The van der Waals surface area contributed by atoms with Crippen molar-refractivity contribution in [3.05, 3.63) is 84.3 Å². The number of nitrogens with zero attached hydrogens (tertiary/aromatic N) is 2. The van der Waals surface area contributed by atoms with Crippen molar-refractivity contribution in [2.75, 3.05) is 0 Å². The van der Waals surface area contributed by atoms with Gasteiger partial charge in [-0.15, -0.1) is 0 Å². The smallest absolute Gasteiger partial charge is 0.0702 e. The van der Waals surface area contributed by atoms with E-state index in [9.17, 15) is 0 Å². The molecule has 0 radical (unpaired) electrons. The van der Waals surface area contributed by atoms with Crippen LogP contribution < -0.4 is 0 Å². The van der Waals surface area contributed by atoms with Crippen LogP contribution in [0.5, 0.6) is 0 Å². The molecular formula is C20H18N2. The van der Waals surface area contributed by atoms with Gasteiger partial charge in [0, 0.05) is 29.4 Å². The van der Waals surface area contributed by atoms with E-state index in [1.807, 2.05) is 42.9 Å². The molecule has 0 spiro atoms. The average Bonchev–Trinajstić information content (AvgIpc) is 2.56. The first kappa shape index (κ1) is 14.2. The first-order chi connectivity index (χ1) is 10.7. The Hall–Kier alpha value is -2.74. The number of aryl methyl sites for hydroxylation is 2. The Morgan fingerprint density at radius 2 is 1.59 bits per heavy atom. The van der Waals surface area contributed by atoms with E-state index < -0.39 is 0 Å². The summed E-state index contributed by atoms with van der Waals surface area (Å²) in [5.74, 6) is 0. The van der Waals surface area contributed by atoms with Gasteiger partial charge in [0.05, 0.1) is 5.52 Å². The molecule has 0 amide bonds. The van der Waals surface area contributed by atoms with Crippen LogP contribution >= 0.6 is 0 Å². The van der Waals surface area contributed by atoms with Crippen LogP contribution in [0.2, 0.25) is 0 Å². The van der Waals surface area contributed by atoms with E-state index in [0.29, 0.717) is 0 Å². The first-order valence-electron chi connectivity index (χ1n) is 7.35. The molecule has 2 heteroatoms. The molecular weight excluding hydrogens is 268 g/mol. The normalized spacial score (nSPS) is 10.3. The lowest BCUT2D eigenvalue weighted by Crippen LogP contribution is -1.78. The second-order valence-electron chi connectivity index (χ2n) is 5.38. The average molecular weight is 286 g/mol. The van der Waals surface area contributed by atoms with Crippen LogP contribution in [0.3, 0.4) is 0 Å². The molecule has 4 rings (SSSR count). The zero-order chi connectivity index (χ0) is 15.4. The summed E-state index contributed by atoms with van der Waals surface area (Å²) < 4.78 is 0. The van der Waals surface area contributed by atoms with E-state index >= 15 is 0 Å². The van der Waals surface area contributed by atoms with Crippen molar-refractivity contribution >= 4 is 21.7 Å². The summed E-state index contributed by atoms with van der Waals surface area (Å²) in [6, 6.07) is 18.6. The van der Waals surface area contributed by atoms with Gasteiger partial charge in [-0.1, -0.05) is 36.4 Å². The lowest BCUT2D eigenvalue weighted by atomic mass is 10.1. The Labute approximate surface area is 130 Å². The molecule has 2 aromatic carbocycles. The van der Waals surface area contributed by atoms with E-state index in [4.69, 9.17) is 0 Å². The Morgan fingerprint density at radius 1 is 0.773 bits per heavy atom. The molecule has 0 bridgehead atoms. The van der Waals surface area contributed by atoms with E-state index in [2.05, 4.69) is 54.1 Å². The maximum Gasteiger partial charge on any atom is 0.0702 e. The highest BCUT2D eigenvalue weighted by Gasteiger charge is 1.93. The topological polar surface area (TPSA) is 25.8 Å². The Kier molecular flexibility index (Phi) is 4.10.